The van der Waals surface area contributed by atoms with E-state index in [1.165, 1.54) is 0 Å². The highest BCUT2D eigenvalue weighted by molar-refractivity contribution is 5.62. The summed E-state index contributed by atoms with van der Waals surface area (Å²) in [6.45, 7) is 2.52. The highest BCUT2D eigenvalue weighted by Crippen LogP contribution is 2.21. The molecule has 0 saturated heterocycles. The third kappa shape index (κ3) is 2.30. The van der Waals surface area contributed by atoms with Gasteiger partial charge in [-0.25, -0.2) is 0 Å². The molecule has 0 amide bonds. The van der Waals surface area contributed by atoms with E-state index in [2.05, 4.69) is 17.2 Å². The van der Waals surface area contributed by atoms with Crippen LogP contribution in [0.4, 0.5) is 0 Å². The maximum Gasteiger partial charge on any atom is 0.267 e. The van der Waals surface area contributed by atoms with E-state index in [0.29, 0.717) is 6.54 Å². The number of nitrogens with zero attached hydrogens (tertiary/aromatic N) is 1. The van der Waals surface area contributed by atoms with Crippen LogP contribution in [0.15, 0.2) is 65.5 Å². The summed E-state index contributed by atoms with van der Waals surface area (Å²) in [6, 6.07) is 20.1. The van der Waals surface area contributed by atoms with Gasteiger partial charge in [0.25, 0.3) is 5.56 Å². The van der Waals surface area contributed by atoms with E-state index in [4.69, 9.17) is 0 Å². The van der Waals surface area contributed by atoms with Gasteiger partial charge in [0.15, 0.2) is 0 Å². The Bertz CT molecular complexity index is 755. The second-order valence-electron chi connectivity index (χ2n) is 4.85. The summed E-state index contributed by atoms with van der Waals surface area (Å²) < 4.78 is 1.92. The van der Waals surface area contributed by atoms with Crippen LogP contribution in [0, 0.1) is 6.92 Å². The number of H-pyrrole nitrogens is 1. The minimum atomic E-state index is -0.0280. The normalized spacial score (nSPS) is 10.7. The molecule has 0 spiro atoms. The summed E-state index contributed by atoms with van der Waals surface area (Å²) in [7, 11) is 0. The Morgan fingerprint density at radius 3 is 2.20 bits per heavy atom. The van der Waals surface area contributed by atoms with Crippen molar-refractivity contribution in [3.8, 4) is 11.3 Å². The van der Waals surface area contributed by atoms with Crippen LogP contribution < -0.4 is 5.56 Å². The summed E-state index contributed by atoms with van der Waals surface area (Å²) in [5.74, 6) is 0. The van der Waals surface area contributed by atoms with E-state index in [9.17, 15) is 4.79 Å². The Morgan fingerprint density at radius 1 is 0.950 bits per heavy atom. The van der Waals surface area contributed by atoms with Crippen LogP contribution in [0.2, 0.25) is 0 Å². The van der Waals surface area contributed by atoms with Gasteiger partial charge in [-0.3, -0.25) is 14.6 Å². The molecule has 1 N–H and O–H groups in total. The molecule has 1 aromatic heterocycles. The molecule has 3 aromatic rings. The standard InChI is InChI=1S/C17H16N2O/c1-13-16(15-10-6-3-7-11-15)19(18-17(13)20)12-14-8-4-2-5-9-14/h2-11H,12H2,1H3,(H,18,20). The largest absolute Gasteiger partial charge is 0.280 e. The number of hydrogen-bond donors (Lipinski definition) is 1. The fraction of sp³-hybridized carbons (Fsp3) is 0.118. The topological polar surface area (TPSA) is 37.8 Å². The number of aromatic amines is 1. The van der Waals surface area contributed by atoms with Crippen molar-refractivity contribution >= 4 is 0 Å². The van der Waals surface area contributed by atoms with Gasteiger partial charge < -0.3 is 0 Å². The van der Waals surface area contributed by atoms with E-state index in [1.807, 2.05) is 60.1 Å². The maximum absolute atomic E-state index is 11.9. The molecule has 0 aliphatic heterocycles. The van der Waals surface area contributed by atoms with Crippen molar-refractivity contribution in [1.29, 1.82) is 0 Å². The lowest BCUT2D eigenvalue weighted by molar-refractivity contribution is 0.686. The predicted molar refractivity (Wildman–Crippen MR) is 80.8 cm³/mol. The number of benzene rings is 2. The van der Waals surface area contributed by atoms with Gasteiger partial charge in [-0.05, 0) is 12.5 Å². The molecule has 3 heteroatoms. The zero-order chi connectivity index (χ0) is 13.9. The van der Waals surface area contributed by atoms with Crippen LogP contribution in [0.3, 0.4) is 0 Å². The number of hydrogen-bond acceptors (Lipinski definition) is 1. The van der Waals surface area contributed by atoms with Crippen LogP contribution in [-0.2, 0) is 6.54 Å². The van der Waals surface area contributed by atoms with Gasteiger partial charge in [-0.15, -0.1) is 0 Å². The summed E-state index contributed by atoms with van der Waals surface area (Å²) in [5.41, 5.74) is 3.90. The molecule has 0 atom stereocenters. The van der Waals surface area contributed by atoms with Crippen molar-refractivity contribution in [2.24, 2.45) is 0 Å². The lowest BCUT2D eigenvalue weighted by atomic mass is 10.1. The molecule has 1 heterocycles. The summed E-state index contributed by atoms with van der Waals surface area (Å²) in [4.78, 5) is 11.9. The molecular formula is C17H16N2O. The Labute approximate surface area is 117 Å². The van der Waals surface area contributed by atoms with E-state index in [0.717, 1.165) is 22.4 Å². The van der Waals surface area contributed by atoms with Crippen molar-refractivity contribution in [2.45, 2.75) is 13.5 Å². The third-order valence-electron chi connectivity index (χ3n) is 3.43. The highest BCUT2D eigenvalue weighted by atomic mass is 16.1. The molecule has 20 heavy (non-hydrogen) atoms. The van der Waals surface area contributed by atoms with Gasteiger partial charge in [0.2, 0.25) is 0 Å². The monoisotopic (exact) mass is 264 g/mol. The number of rotatable bonds is 3. The fourth-order valence-corrected chi connectivity index (χ4v) is 2.43. The van der Waals surface area contributed by atoms with Crippen molar-refractivity contribution in [1.82, 2.24) is 9.78 Å². The minimum absolute atomic E-state index is 0.0280. The highest BCUT2D eigenvalue weighted by Gasteiger charge is 2.12. The number of aromatic nitrogens is 2. The first-order chi connectivity index (χ1) is 9.75. The van der Waals surface area contributed by atoms with Gasteiger partial charge >= 0.3 is 0 Å². The Balaban J connectivity index is 2.08. The molecule has 2 aromatic carbocycles. The lowest BCUT2D eigenvalue weighted by Crippen LogP contribution is -2.07. The zero-order valence-corrected chi connectivity index (χ0v) is 11.3. The van der Waals surface area contributed by atoms with E-state index in [1.54, 1.807) is 0 Å². The molecule has 3 rings (SSSR count). The molecule has 3 nitrogen and oxygen atoms in total. The zero-order valence-electron chi connectivity index (χ0n) is 11.3. The average Bonchev–Trinajstić information content (AvgIpc) is 2.76. The predicted octanol–water partition coefficient (Wildman–Crippen LogP) is 3.20. The fourth-order valence-electron chi connectivity index (χ4n) is 2.43. The maximum atomic E-state index is 11.9. The Hall–Kier alpha value is -2.55. The lowest BCUT2D eigenvalue weighted by Gasteiger charge is -2.09. The average molecular weight is 264 g/mol. The molecule has 0 aliphatic carbocycles. The molecule has 0 saturated carbocycles. The third-order valence-corrected chi connectivity index (χ3v) is 3.43. The summed E-state index contributed by atoms with van der Waals surface area (Å²) in [6.07, 6.45) is 0. The van der Waals surface area contributed by atoms with Crippen molar-refractivity contribution in [3.63, 3.8) is 0 Å². The first kappa shape index (κ1) is 12.5. The number of nitrogens with one attached hydrogen (secondary N) is 1. The van der Waals surface area contributed by atoms with E-state index in [-0.39, 0.29) is 5.56 Å². The second kappa shape index (κ2) is 5.21. The Morgan fingerprint density at radius 2 is 1.55 bits per heavy atom. The second-order valence-corrected chi connectivity index (χ2v) is 4.85. The van der Waals surface area contributed by atoms with Gasteiger partial charge in [0.05, 0.1) is 12.2 Å². The first-order valence-corrected chi connectivity index (χ1v) is 6.64. The quantitative estimate of drug-likeness (QED) is 0.775. The van der Waals surface area contributed by atoms with E-state index >= 15 is 0 Å². The molecule has 100 valence electrons. The van der Waals surface area contributed by atoms with Crippen LogP contribution >= 0.6 is 0 Å². The molecule has 0 fully saturated rings. The molecule has 0 bridgehead atoms. The van der Waals surface area contributed by atoms with Crippen molar-refractivity contribution in [2.75, 3.05) is 0 Å². The van der Waals surface area contributed by atoms with Crippen LogP contribution in [-0.4, -0.2) is 9.78 Å². The van der Waals surface area contributed by atoms with Crippen molar-refractivity contribution in [3.05, 3.63) is 82.1 Å². The Kier molecular flexibility index (Phi) is 3.25. The van der Waals surface area contributed by atoms with Crippen LogP contribution in [0.25, 0.3) is 11.3 Å². The van der Waals surface area contributed by atoms with Crippen molar-refractivity contribution < 1.29 is 0 Å². The van der Waals surface area contributed by atoms with E-state index < -0.39 is 0 Å². The van der Waals surface area contributed by atoms with Gasteiger partial charge in [-0.1, -0.05) is 60.7 Å². The van der Waals surface area contributed by atoms with Crippen LogP contribution in [0.1, 0.15) is 11.1 Å². The molecule has 0 aliphatic rings. The van der Waals surface area contributed by atoms with Gasteiger partial charge in [0.1, 0.15) is 0 Å². The van der Waals surface area contributed by atoms with Gasteiger partial charge in [0, 0.05) is 11.1 Å². The summed E-state index contributed by atoms with van der Waals surface area (Å²) in [5, 5.41) is 2.92. The smallest absolute Gasteiger partial charge is 0.267 e. The molecule has 0 unspecified atom stereocenters. The van der Waals surface area contributed by atoms with Gasteiger partial charge in [-0.2, -0.15) is 0 Å². The first-order valence-electron chi connectivity index (χ1n) is 6.64. The molecule has 0 radical (unpaired) electrons. The summed E-state index contributed by atoms with van der Waals surface area (Å²) >= 11 is 0. The molecular weight excluding hydrogens is 248 g/mol. The minimum Gasteiger partial charge on any atom is -0.280 e. The SMILES string of the molecule is Cc1c(-c2ccccc2)n(Cc2ccccc2)[nH]c1=O. The van der Waals surface area contributed by atoms with Crippen LogP contribution in [0.5, 0.6) is 0 Å².